The van der Waals surface area contributed by atoms with E-state index in [0.717, 1.165) is 24.8 Å². The topological polar surface area (TPSA) is 20.2 Å². The minimum atomic E-state index is -0.344. The zero-order chi connectivity index (χ0) is 14.6. The second kappa shape index (κ2) is 6.55. The van der Waals surface area contributed by atoms with Crippen LogP contribution in [0, 0.1) is 0 Å². The average Bonchev–Trinajstić information content (AvgIpc) is 2.91. The molecule has 0 fully saturated rings. The summed E-state index contributed by atoms with van der Waals surface area (Å²) in [4.78, 5) is 1.40. The van der Waals surface area contributed by atoms with E-state index in [9.17, 15) is 5.11 Å². The number of rotatable bonds is 5. The van der Waals surface area contributed by atoms with E-state index in [1.54, 1.807) is 11.3 Å². The molecule has 0 saturated carbocycles. The molecule has 1 N–H and O–H groups in total. The summed E-state index contributed by atoms with van der Waals surface area (Å²) in [5.74, 6) is 0. The summed E-state index contributed by atoms with van der Waals surface area (Å²) in [5, 5.41) is 12.4. The van der Waals surface area contributed by atoms with E-state index in [-0.39, 0.29) is 11.5 Å². The van der Waals surface area contributed by atoms with Crippen LogP contribution in [0.2, 0.25) is 0 Å². The van der Waals surface area contributed by atoms with Crippen LogP contribution in [-0.2, 0) is 11.8 Å². The SMILES string of the molecule is CC(C)(C)c1ccc(C(O)CCCc2cccs2)cc1. The Hall–Kier alpha value is -1.12. The Morgan fingerprint density at radius 2 is 1.80 bits per heavy atom. The first-order valence-corrected chi connectivity index (χ1v) is 8.15. The summed E-state index contributed by atoms with van der Waals surface area (Å²) in [7, 11) is 0. The predicted octanol–water partition coefficient (Wildman–Crippen LogP) is 5.10. The standard InChI is InChI=1S/C18H24OS/c1-18(2,3)15-11-9-14(10-12-15)17(19)8-4-6-16-7-5-13-20-16/h5,7,9-13,17,19H,4,6,8H2,1-3H3. The van der Waals surface area contributed by atoms with Gasteiger partial charge in [-0.05, 0) is 47.3 Å². The highest BCUT2D eigenvalue weighted by Gasteiger charge is 2.14. The molecule has 1 unspecified atom stereocenters. The van der Waals surface area contributed by atoms with Crippen molar-refractivity contribution < 1.29 is 5.11 Å². The van der Waals surface area contributed by atoms with Crippen LogP contribution in [0.25, 0.3) is 0 Å². The summed E-state index contributed by atoms with van der Waals surface area (Å²) in [6.45, 7) is 6.62. The van der Waals surface area contributed by atoms with E-state index in [0.29, 0.717) is 0 Å². The second-order valence-electron chi connectivity index (χ2n) is 6.36. The van der Waals surface area contributed by atoms with Crippen molar-refractivity contribution in [1.29, 1.82) is 0 Å². The smallest absolute Gasteiger partial charge is 0.0790 e. The van der Waals surface area contributed by atoms with Gasteiger partial charge in [0, 0.05) is 4.88 Å². The lowest BCUT2D eigenvalue weighted by molar-refractivity contribution is 0.165. The third kappa shape index (κ3) is 4.19. The van der Waals surface area contributed by atoms with Gasteiger partial charge in [-0.2, -0.15) is 0 Å². The lowest BCUT2D eigenvalue weighted by Crippen LogP contribution is -2.11. The average molecular weight is 288 g/mol. The van der Waals surface area contributed by atoms with Gasteiger partial charge in [-0.3, -0.25) is 0 Å². The molecule has 0 spiro atoms. The molecule has 0 radical (unpaired) electrons. The van der Waals surface area contributed by atoms with Gasteiger partial charge in [0.15, 0.2) is 0 Å². The summed E-state index contributed by atoms with van der Waals surface area (Å²) in [6, 6.07) is 12.7. The van der Waals surface area contributed by atoms with Crippen LogP contribution in [0.15, 0.2) is 41.8 Å². The van der Waals surface area contributed by atoms with Crippen molar-refractivity contribution in [2.75, 3.05) is 0 Å². The number of benzene rings is 1. The third-order valence-electron chi connectivity index (χ3n) is 3.64. The Morgan fingerprint density at radius 1 is 1.10 bits per heavy atom. The predicted molar refractivity (Wildman–Crippen MR) is 87.4 cm³/mol. The fourth-order valence-electron chi connectivity index (χ4n) is 2.30. The second-order valence-corrected chi connectivity index (χ2v) is 7.39. The highest BCUT2D eigenvalue weighted by atomic mass is 32.1. The highest BCUT2D eigenvalue weighted by molar-refractivity contribution is 7.09. The largest absolute Gasteiger partial charge is 0.388 e. The van der Waals surface area contributed by atoms with E-state index in [1.807, 2.05) is 0 Å². The Labute approximate surface area is 126 Å². The van der Waals surface area contributed by atoms with Crippen LogP contribution in [0.5, 0.6) is 0 Å². The zero-order valence-electron chi connectivity index (χ0n) is 12.6. The molecule has 1 atom stereocenters. The molecule has 2 heteroatoms. The maximum atomic E-state index is 10.2. The van der Waals surface area contributed by atoms with Gasteiger partial charge in [0.2, 0.25) is 0 Å². The quantitative estimate of drug-likeness (QED) is 0.811. The first-order chi connectivity index (χ1) is 9.47. The van der Waals surface area contributed by atoms with E-state index in [1.165, 1.54) is 10.4 Å². The summed E-state index contributed by atoms with van der Waals surface area (Å²) < 4.78 is 0. The highest BCUT2D eigenvalue weighted by Crippen LogP contribution is 2.26. The van der Waals surface area contributed by atoms with Crippen molar-refractivity contribution in [1.82, 2.24) is 0 Å². The Kier molecular flexibility index (Phi) is 5.00. The molecule has 0 amide bonds. The molecule has 0 aliphatic heterocycles. The van der Waals surface area contributed by atoms with Gasteiger partial charge >= 0.3 is 0 Å². The van der Waals surface area contributed by atoms with Crippen molar-refractivity contribution in [3.05, 3.63) is 57.8 Å². The third-order valence-corrected chi connectivity index (χ3v) is 4.58. The van der Waals surface area contributed by atoms with Crippen LogP contribution < -0.4 is 0 Å². The van der Waals surface area contributed by atoms with Gasteiger partial charge in [-0.25, -0.2) is 0 Å². The van der Waals surface area contributed by atoms with Crippen molar-refractivity contribution >= 4 is 11.3 Å². The molecule has 1 aromatic heterocycles. The van der Waals surface area contributed by atoms with Gasteiger partial charge in [0.1, 0.15) is 0 Å². The molecule has 1 aromatic carbocycles. The fraction of sp³-hybridized carbons (Fsp3) is 0.444. The lowest BCUT2D eigenvalue weighted by atomic mass is 9.86. The number of aliphatic hydroxyl groups is 1. The fourth-order valence-corrected chi connectivity index (χ4v) is 3.05. The number of hydrogen-bond donors (Lipinski definition) is 1. The van der Waals surface area contributed by atoms with E-state index < -0.39 is 0 Å². The normalized spacial score (nSPS) is 13.4. The first kappa shape index (κ1) is 15.3. The van der Waals surface area contributed by atoms with Gasteiger partial charge in [0.05, 0.1) is 6.10 Å². The van der Waals surface area contributed by atoms with Gasteiger partial charge in [0.25, 0.3) is 0 Å². The van der Waals surface area contributed by atoms with E-state index in [4.69, 9.17) is 0 Å². The summed E-state index contributed by atoms with van der Waals surface area (Å²) in [5.41, 5.74) is 2.51. The number of thiophene rings is 1. The minimum absolute atomic E-state index is 0.169. The molecule has 2 rings (SSSR count). The zero-order valence-corrected chi connectivity index (χ0v) is 13.4. The molecule has 2 aromatic rings. The Morgan fingerprint density at radius 3 is 2.35 bits per heavy atom. The maximum Gasteiger partial charge on any atom is 0.0790 e. The van der Waals surface area contributed by atoms with E-state index >= 15 is 0 Å². The number of hydrogen-bond acceptors (Lipinski definition) is 2. The van der Waals surface area contributed by atoms with Crippen LogP contribution in [0.4, 0.5) is 0 Å². The summed E-state index contributed by atoms with van der Waals surface area (Å²) >= 11 is 1.79. The van der Waals surface area contributed by atoms with Gasteiger partial charge in [-0.15, -0.1) is 11.3 Å². The molecule has 0 saturated heterocycles. The molecule has 108 valence electrons. The van der Waals surface area contributed by atoms with Crippen molar-refractivity contribution in [2.24, 2.45) is 0 Å². The molecular formula is C18H24OS. The van der Waals surface area contributed by atoms with Crippen LogP contribution >= 0.6 is 11.3 Å². The van der Waals surface area contributed by atoms with E-state index in [2.05, 4.69) is 62.5 Å². The lowest BCUT2D eigenvalue weighted by Gasteiger charge is -2.20. The molecular weight excluding hydrogens is 264 g/mol. The van der Waals surface area contributed by atoms with Crippen molar-refractivity contribution in [3.8, 4) is 0 Å². The monoisotopic (exact) mass is 288 g/mol. The Balaban J connectivity index is 1.87. The Bertz CT molecular complexity index is 505. The molecule has 1 nitrogen and oxygen atoms in total. The summed E-state index contributed by atoms with van der Waals surface area (Å²) in [6.07, 6.45) is 2.58. The molecule has 1 heterocycles. The van der Waals surface area contributed by atoms with Gasteiger partial charge < -0.3 is 5.11 Å². The van der Waals surface area contributed by atoms with Gasteiger partial charge in [-0.1, -0.05) is 51.1 Å². The first-order valence-electron chi connectivity index (χ1n) is 7.28. The molecule has 0 bridgehead atoms. The minimum Gasteiger partial charge on any atom is -0.388 e. The number of aryl methyl sites for hydroxylation is 1. The van der Waals surface area contributed by atoms with Crippen LogP contribution in [0.1, 0.15) is 55.7 Å². The molecule has 0 aliphatic rings. The van der Waals surface area contributed by atoms with Crippen LogP contribution in [-0.4, -0.2) is 5.11 Å². The van der Waals surface area contributed by atoms with Crippen LogP contribution in [0.3, 0.4) is 0 Å². The van der Waals surface area contributed by atoms with Crippen molar-refractivity contribution in [3.63, 3.8) is 0 Å². The molecule has 20 heavy (non-hydrogen) atoms. The van der Waals surface area contributed by atoms with Crippen molar-refractivity contribution in [2.45, 2.75) is 51.6 Å². The maximum absolute atomic E-state index is 10.2. The molecule has 0 aliphatic carbocycles. The number of aliphatic hydroxyl groups excluding tert-OH is 1.